The molecular weight excluding hydrogens is 418 g/mol. The molecule has 0 aliphatic rings. The molecule has 0 bridgehead atoms. The zero-order valence-electron chi connectivity index (χ0n) is 19.7. The Morgan fingerprint density at radius 3 is 1.91 bits per heavy atom. The van der Waals surface area contributed by atoms with Crippen LogP contribution in [0.25, 0.3) is 11.1 Å². The molecule has 0 aliphatic carbocycles. The van der Waals surface area contributed by atoms with Crippen LogP contribution in [0.2, 0.25) is 0 Å². The van der Waals surface area contributed by atoms with Crippen LogP contribution in [-0.2, 0) is 16.1 Å². The summed E-state index contributed by atoms with van der Waals surface area (Å²) in [4.78, 5) is 30.1. The maximum absolute atomic E-state index is 12.8. The van der Waals surface area contributed by atoms with Crippen LogP contribution in [0.1, 0.15) is 57.1 Å². The number of esters is 2. The van der Waals surface area contributed by atoms with Gasteiger partial charge in [0.25, 0.3) is 0 Å². The molecule has 33 heavy (non-hydrogen) atoms. The average Bonchev–Trinajstić information content (AvgIpc) is 2.78. The number of benzene rings is 2. The van der Waals surface area contributed by atoms with E-state index in [1.807, 2.05) is 49.4 Å². The number of hydrogen-bond acceptors (Lipinski definition) is 6. The van der Waals surface area contributed by atoms with Gasteiger partial charge in [-0.15, -0.1) is 0 Å². The molecular formula is C27H29NO5. The van der Waals surface area contributed by atoms with E-state index in [4.69, 9.17) is 14.2 Å². The van der Waals surface area contributed by atoms with E-state index in [2.05, 4.69) is 11.1 Å². The third kappa shape index (κ3) is 5.58. The summed E-state index contributed by atoms with van der Waals surface area (Å²) in [5.74, 6) is -0.372. The van der Waals surface area contributed by atoms with Crippen LogP contribution in [0.15, 0.2) is 48.5 Å². The summed E-state index contributed by atoms with van der Waals surface area (Å²) >= 11 is 0. The first-order chi connectivity index (χ1) is 15.8. The zero-order chi connectivity index (χ0) is 24.0. The van der Waals surface area contributed by atoms with E-state index in [-0.39, 0.29) is 24.3 Å². The lowest BCUT2D eigenvalue weighted by molar-refractivity contribution is 0.0525. The van der Waals surface area contributed by atoms with Crippen molar-refractivity contribution in [3.63, 3.8) is 0 Å². The number of carbonyl (C=O) groups is 2. The van der Waals surface area contributed by atoms with Gasteiger partial charge in [-0.3, -0.25) is 4.98 Å². The molecule has 3 rings (SSSR count). The fraction of sp³-hybridized carbons (Fsp3) is 0.296. The van der Waals surface area contributed by atoms with Gasteiger partial charge in [0.05, 0.1) is 35.7 Å². The van der Waals surface area contributed by atoms with Crippen LogP contribution in [0.5, 0.6) is 5.75 Å². The van der Waals surface area contributed by atoms with E-state index in [1.165, 1.54) is 5.56 Å². The molecule has 0 aliphatic heterocycles. The lowest BCUT2D eigenvalue weighted by Crippen LogP contribution is -2.17. The highest BCUT2D eigenvalue weighted by Crippen LogP contribution is 2.33. The summed E-state index contributed by atoms with van der Waals surface area (Å²) in [7, 11) is 0. The highest BCUT2D eigenvalue weighted by molar-refractivity contribution is 6.07. The van der Waals surface area contributed by atoms with E-state index < -0.39 is 11.9 Å². The SMILES string of the molecule is CCOC(=O)c1c(C)nc(C)c(C(=O)OCC)c1-c1ccc(OCc2cccc(C)c2)cc1. The molecule has 0 atom stereocenters. The van der Waals surface area contributed by atoms with Crippen LogP contribution in [-0.4, -0.2) is 30.1 Å². The smallest absolute Gasteiger partial charge is 0.340 e. The van der Waals surface area contributed by atoms with Gasteiger partial charge in [-0.1, -0.05) is 42.0 Å². The largest absolute Gasteiger partial charge is 0.489 e. The fourth-order valence-corrected chi connectivity index (χ4v) is 3.73. The van der Waals surface area contributed by atoms with Gasteiger partial charge in [-0.25, -0.2) is 9.59 Å². The first kappa shape index (κ1) is 24.0. The van der Waals surface area contributed by atoms with Gasteiger partial charge in [-0.2, -0.15) is 0 Å². The molecule has 0 N–H and O–H groups in total. The molecule has 6 heteroatoms. The van der Waals surface area contributed by atoms with Gasteiger partial charge in [0.1, 0.15) is 12.4 Å². The second-order valence-electron chi connectivity index (χ2n) is 7.65. The first-order valence-electron chi connectivity index (χ1n) is 11.0. The number of rotatable bonds is 8. The van der Waals surface area contributed by atoms with Gasteiger partial charge in [0.15, 0.2) is 0 Å². The van der Waals surface area contributed by atoms with E-state index in [0.717, 1.165) is 5.56 Å². The molecule has 0 spiro atoms. The second kappa shape index (κ2) is 10.8. The van der Waals surface area contributed by atoms with Crippen molar-refractivity contribution in [2.45, 2.75) is 41.2 Å². The maximum atomic E-state index is 12.8. The summed E-state index contributed by atoms with van der Waals surface area (Å²) in [5, 5.41) is 0. The van der Waals surface area contributed by atoms with Crippen LogP contribution in [0.3, 0.4) is 0 Å². The molecule has 1 heterocycles. The third-order valence-corrected chi connectivity index (χ3v) is 5.15. The Labute approximate surface area is 194 Å². The number of pyridine rings is 1. The third-order valence-electron chi connectivity index (χ3n) is 5.15. The number of nitrogens with zero attached hydrogens (tertiary/aromatic N) is 1. The highest BCUT2D eigenvalue weighted by atomic mass is 16.5. The summed E-state index contributed by atoms with van der Waals surface area (Å²) in [6, 6.07) is 15.4. The summed E-state index contributed by atoms with van der Waals surface area (Å²) in [6.45, 7) is 9.85. The predicted molar refractivity (Wildman–Crippen MR) is 127 cm³/mol. The van der Waals surface area contributed by atoms with Crippen molar-refractivity contribution in [2.24, 2.45) is 0 Å². The van der Waals surface area contributed by atoms with Crippen LogP contribution >= 0.6 is 0 Å². The lowest BCUT2D eigenvalue weighted by Gasteiger charge is -2.18. The standard InChI is InChI=1S/C27H29NO5/c1-6-31-26(29)23-18(4)28-19(5)24(27(30)32-7-2)25(23)21-11-13-22(14-12-21)33-16-20-10-8-9-17(3)15-20/h8-15H,6-7,16H2,1-5H3. The fourth-order valence-electron chi connectivity index (χ4n) is 3.73. The number of ether oxygens (including phenoxy) is 3. The Morgan fingerprint density at radius 2 is 1.39 bits per heavy atom. The molecule has 0 amide bonds. The minimum atomic E-state index is -0.525. The Bertz CT molecular complexity index is 1110. The van der Waals surface area contributed by atoms with Crippen LogP contribution in [0, 0.1) is 20.8 Å². The van der Waals surface area contributed by atoms with Crippen molar-refractivity contribution in [3.05, 3.63) is 82.2 Å². The Morgan fingerprint density at radius 1 is 0.818 bits per heavy atom. The molecule has 172 valence electrons. The Balaban J connectivity index is 2.02. The van der Waals surface area contributed by atoms with Crippen molar-refractivity contribution in [2.75, 3.05) is 13.2 Å². The number of hydrogen-bond donors (Lipinski definition) is 0. The molecule has 0 radical (unpaired) electrons. The Kier molecular flexibility index (Phi) is 7.83. The monoisotopic (exact) mass is 447 g/mol. The summed E-state index contributed by atoms with van der Waals surface area (Å²) in [5.41, 5.74) is 4.90. The minimum Gasteiger partial charge on any atom is -0.489 e. The van der Waals surface area contributed by atoms with Crippen LogP contribution in [0.4, 0.5) is 0 Å². The van der Waals surface area contributed by atoms with Crippen molar-refractivity contribution >= 4 is 11.9 Å². The molecule has 0 fully saturated rings. The number of aryl methyl sites for hydroxylation is 3. The van der Waals surface area contributed by atoms with Crippen molar-refractivity contribution in [1.82, 2.24) is 4.98 Å². The number of aromatic nitrogens is 1. The van der Waals surface area contributed by atoms with Crippen molar-refractivity contribution in [1.29, 1.82) is 0 Å². The van der Waals surface area contributed by atoms with Gasteiger partial charge < -0.3 is 14.2 Å². The molecule has 0 saturated heterocycles. The molecule has 3 aromatic rings. The van der Waals surface area contributed by atoms with Crippen LogP contribution < -0.4 is 4.74 Å². The molecule has 0 saturated carbocycles. The number of carbonyl (C=O) groups excluding carboxylic acids is 2. The average molecular weight is 448 g/mol. The van der Waals surface area contributed by atoms with Gasteiger partial charge >= 0.3 is 11.9 Å². The lowest BCUT2D eigenvalue weighted by atomic mass is 9.92. The predicted octanol–water partition coefficient (Wildman–Crippen LogP) is 5.61. The van der Waals surface area contributed by atoms with Gasteiger partial charge in [0, 0.05) is 5.56 Å². The molecule has 6 nitrogen and oxygen atoms in total. The van der Waals surface area contributed by atoms with E-state index in [1.54, 1.807) is 27.7 Å². The van der Waals surface area contributed by atoms with Gasteiger partial charge in [0.2, 0.25) is 0 Å². The molecule has 1 aromatic heterocycles. The minimum absolute atomic E-state index is 0.214. The second-order valence-corrected chi connectivity index (χ2v) is 7.65. The summed E-state index contributed by atoms with van der Waals surface area (Å²) < 4.78 is 16.5. The first-order valence-corrected chi connectivity index (χ1v) is 11.0. The van der Waals surface area contributed by atoms with E-state index >= 15 is 0 Å². The molecule has 2 aromatic carbocycles. The maximum Gasteiger partial charge on any atom is 0.340 e. The Hall–Kier alpha value is -3.67. The van der Waals surface area contributed by atoms with Crippen molar-refractivity contribution < 1.29 is 23.8 Å². The van der Waals surface area contributed by atoms with E-state index in [9.17, 15) is 9.59 Å². The van der Waals surface area contributed by atoms with Crippen molar-refractivity contribution in [3.8, 4) is 16.9 Å². The highest BCUT2D eigenvalue weighted by Gasteiger charge is 2.27. The summed E-state index contributed by atoms with van der Waals surface area (Å²) in [6.07, 6.45) is 0. The normalized spacial score (nSPS) is 10.6. The van der Waals surface area contributed by atoms with Gasteiger partial charge in [-0.05, 0) is 57.9 Å². The zero-order valence-corrected chi connectivity index (χ0v) is 19.7. The molecule has 0 unspecified atom stereocenters. The quantitative estimate of drug-likeness (QED) is 0.418. The topological polar surface area (TPSA) is 74.7 Å². The van der Waals surface area contributed by atoms with E-state index in [0.29, 0.717) is 34.9 Å².